The maximum absolute atomic E-state index is 12.7. The third kappa shape index (κ3) is 3.46. The first-order chi connectivity index (χ1) is 12.1. The van der Waals surface area contributed by atoms with Crippen LogP contribution in [0.1, 0.15) is 33.7 Å². The van der Waals surface area contributed by atoms with Gasteiger partial charge in [-0.1, -0.05) is 6.92 Å². The monoisotopic (exact) mass is 356 g/mol. The number of hydrogen-bond acceptors (Lipinski definition) is 5. The number of carbonyl (C=O) groups is 1. The molecular weight excluding hydrogens is 332 g/mol. The van der Waals surface area contributed by atoms with E-state index in [1.165, 1.54) is 5.69 Å². The van der Waals surface area contributed by atoms with Gasteiger partial charge in [-0.2, -0.15) is 0 Å². The molecule has 1 amide bonds. The second-order valence-corrected chi connectivity index (χ2v) is 8.24. The number of aryl methyl sites for hydroxylation is 2. The summed E-state index contributed by atoms with van der Waals surface area (Å²) in [5.41, 5.74) is 2.92. The average molecular weight is 356 g/mol. The van der Waals surface area contributed by atoms with Crippen LogP contribution in [0.15, 0.2) is 23.7 Å². The first-order valence-electron chi connectivity index (χ1n) is 9.00. The summed E-state index contributed by atoms with van der Waals surface area (Å²) in [4.78, 5) is 26.2. The van der Waals surface area contributed by atoms with Crippen molar-refractivity contribution in [2.75, 3.05) is 26.2 Å². The Morgan fingerprint density at radius 2 is 1.96 bits per heavy atom. The van der Waals surface area contributed by atoms with E-state index >= 15 is 0 Å². The van der Waals surface area contributed by atoms with E-state index in [1.54, 1.807) is 17.5 Å². The highest BCUT2D eigenvalue weighted by Gasteiger charge is 2.41. The number of thiazole rings is 1. The minimum Gasteiger partial charge on any atom is -0.338 e. The van der Waals surface area contributed by atoms with Gasteiger partial charge in [0.15, 0.2) is 0 Å². The Morgan fingerprint density at radius 3 is 2.52 bits per heavy atom. The van der Waals surface area contributed by atoms with Gasteiger partial charge in [-0.05, 0) is 37.3 Å². The van der Waals surface area contributed by atoms with Gasteiger partial charge in [0, 0.05) is 50.0 Å². The third-order valence-corrected chi connectivity index (χ3v) is 6.16. The molecule has 0 aliphatic carbocycles. The van der Waals surface area contributed by atoms with Crippen LogP contribution in [0.2, 0.25) is 0 Å². The number of hydrogen-bond donors (Lipinski definition) is 0. The second kappa shape index (κ2) is 6.84. The highest BCUT2D eigenvalue weighted by Crippen LogP contribution is 2.32. The van der Waals surface area contributed by atoms with Gasteiger partial charge in [0.05, 0.1) is 16.3 Å². The van der Waals surface area contributed by atoms with Crippen LogP contribution in [-0.4, -0.2) is 51.9 Å². The summed E-state index contributed by atoms with van der Waals surface area (Å²) >= 11 is 1.72. The molecule has 2 aromatic rings. The Morgan fingerprint density at radius 1 is 1.20 bits per heavy atom. The number of carbonyl (C=O) groups excluding carboxylic acids is 1. The molecule has 2 aliphatic heterocycles. The molecule has 0 bridgehead atoms. The van der Waals surface area contributed by atoms with Gasteiger partial charge in [0.1, 0.15) is 0 Å². The lowest BCUT2D eigenvalue weighted by Crippen LogP contribution is -2.33. The SMILES string of the molecule is CCc1ccc(C(=O)N2CC3CN(Cc4csc(C)n4)CC3C2)cn1. The zero-order valence-corrected chi connectivity index (χ0v) is 15.6. The fourth-order valence-corrected chi connectivity index (χ4v) is 4.64. The number of rotatable bonds is 4. The Labute approximate surface area is 152 Å². The summed E-state index contributed by atoms with van der Waals surface area (Å²) in [7, 11) is 0. The lowest BCUT2D eigenvalue weighted by atomic mass is 10.0. The molecule has 6 heteroatoms. The molecule has 0 radical (unpaired) electrons. The minimum atomic E-state index is 0.131. The van der Waals surface area contributed by atoms with Crippen LogP contribution in [0, 0.1) is 18.8 Å². The third-order valence-electron chi connectivity index (χ3n) is 5.34. The minimum absolute atomic E-state index is 0.131. The largest absolute Gasteiger partial charge is 0.338 e. The van der Waals surface area contributed by atoms with Gasteiger partial charge >= 0.3 is 0 Å². The van der Waals surface area contributed by atoms with Crippen molar-refractivity contribution in [3.63, 3.8) is 0 Å². The molecule has 2 unspecified atom stereocenters. The highest BCUT2D eigenvalue weighted by atomic mass is 32.1. The number of amides is 1. The first-order valence-corrected chi connectivity index (χ1v) is 9.88. The van der Waals surface area contributed by atoms with Crippen LogP contribution in [0.4, 0.5) is 0 Å². The quantitative estimate of drug-likeness (QED) is 0.845. The summed E-state index contributed by atoms with van der Waals surface area (Å²) in [5.74, 6) is 1.31. The number of aromatic nitrogens is 2. The fourth-order valence-electron chi connectivity index (χ4n) is 4.04. The molecule has 2 saturated heterocycles. The van der Waals surface area contributed by atoms with Crippen molar-refractivity contribution in [1.82, 2.24) is 19.8 Å². The van der Waals surface area contributed by atoms with Crippen molar-refractivity contribution in [1.29, 1.82) is 0 Å². The Balaban J connectivity index is 1.34. The van der Waals surface area contributed by atoms with Crippen molar-refractivity contribution < 1.29 is 4.79 Å². The fraction of sp³-hybridized carbons (Fsp3) is 0.526. The van der Waals surface area contributed by atoms with Crippen LogP contribution in [0.3, 0.4) is 0 Å². The van der Waals surface area contributed by atoms with Crippen LogP contribution in [0.25, 0.3) is 0 Å². The van der Waals surface area contributed by atoms with E-state index in [0.717, 1.165) is 49.8 Å². The summed E-state index contributed by atoms with van der Waals surface area (Å²) in [6, 6.07) is 3.88. The molecule has 4 rings (SSSR count). The number of nitrogens with zero attached hydrogens (tertiary/aromatic N) is 4. The summed E-state index contributed by atoms with van der Waals surface area (Å²) in [6.07, 6.45) is 2.63. The molecule has 0 aromatic carbocycles. The van der Waals surface area contributed by atoms with Crippen LogP contribution in [-0.2, 0) is 13.0 Å². The zero-order valence-electron chi connectivity index (χ0n) is 14.8. The molecule has 5 nitrogen and oxygen atoms in total. The maximum Gasteiger partial charge on any atom is 0.255 e. The molecule has 4 heterocycles. The maximum atomic E-state index is 12.7. The first kappa shape index (κ1) is 16.7. The lowest BCUT2D eigenvalue weighted by Gasteiger charge is -2.21. The summed E-state index contributed by atoms with van der Waals surface area (Å²) in [6.45, 7) is 8.93. The molecule has 0 spiro atoms. The molecule has 2 fully saturated rings. The number of fused-ring (bicyclic) bond motifs is 1. The van der Waals surface area contributed by atoms with E-state index in [2.05, 4.69) is 34.1 Å². The number of pyridine rings is 1. The van der Waals surface area contributed by atoms with Crippen LogP contribution in [0.5, 0.6) is 0 Å². The average Bonchev–Trinajstić information content (AvgIpc) is 3.29. The van der Waals surface area contributed by atoms with Crippen molar-refractivity contribution in [3.05, 3.63) is 45.7 Å². The van der Waals surface area contributed by atoms with E-state index in [4.69, 9.17) is 0 Å². The van der Waals surface area contributed by atoms with Crippen molar-refractivity contribution in [2.45, 2.75) is 26.8 Å². The molecule has 0 saturated carbocycles. The van der Waals surface area contributed by atoms with Gasteiger partial charge in [0.25, 0.3) is 5.91 Å². The molecule has 2 aromatic heterocycles. The lowest BCUT2D eigenvalue weighted by molar-refractivity contribution is 0.0773. The van der Waals surface area contributed by atoms with Gasteiger partial charge in [-0.25, -0.2) is 4.98 Å². The Hall–Kier alpha value is -1.79. The molecule has 25 heavy (non-hydrogen) atoms. The van der Waals surface area contributed by atoms with E-state index < -0.39 is 0 Å². The molecule has 0 N–H and O–H groups in total. The van der Waals surface area contributed by atoms with Crippen molar-refractivity contribution >= 4 is 17.2 Å². The van der Waals surface area contributed by atoms with E-state index in [1.807, 2.05) is 17.0 Å². The molecule has 2 aliphatic rings. The normalized spacial score (nSPS) is 23.2. The smallest absolute Gasteiger partial charge is 0.255 e. The van der Waals surface area contributed by atoms with Gasteiger partial charge < -0.3 is 4.90 Å². The summed E-state index contributed by atoms with van der Waals surface area (Å²) in [5, 5.41) is 3.29. The molecule has 2 atom stereocenters. The standard InChI is InChI=1S/C19H24N4OS/c1-3-17-5-4-14(6-20-17)19(24)23-9-15-7-22(8-16(15)10-23)11-18-12-25-13(2)21-18/h4-6,12,15-16H,3,7-11H2,1-2H3. The van der Waals surface area contributed by atoms with Gasteiger partial charge in [-0.3, -0.25) is 14.7 Å². The highest BCUT2D eigenvalue weighted by molar-refractivity contribution is 7.09. The Bertz CT molecular complexity index is 743. The number of likely N-dealkylation sites (tertiary alicyclic amines) is 2. The van der Waals surface area contributed by atoms with E-state index in [9.17, 15) is 4.79 Å². The predicted octanol–water partition coefficient (Wildman–Crippen LogP) is 2.61. The Kier molecular flexibility index (Phi) is 4.56. The van der Waals surface area contributed by atoms with Crippen molar-refractivity contribution in [2.24, 2.45) is 11.8 Å². The second-order valence-electron chi connectivity index (χ2n) is 7.17. The predicted molar refractivity (Wildman–Crippen MR) is 98.6 cm³/mol. The van der Waals surface area contributed by atoms with E-state index in [0.29, 0.717) is 17.4 Å². The molecule has 132 valence electrons. The van der Waals surface area contributed by atoms with Gasteiger partial charge in [0.2, 0.25) is 0 Å². The van der Waals surface area contributed by atoms with Gasteiger partial charge in [-0.15, -0.1) is 11.3 Å². The van der Waals surface area contributed by atoms with E-state index in [-0.39, 0.29) is 5.91 Å². The topological polar surface area (TPSA) is 49.3 Å². The molecular formula is C19H24N4OS. The van der Waals surface area contributed by atoms with Crippen LogP contribution < -0.4 is 0 Å². The van der Waals surface area contributed by atoms with Crippen LogP contribution >= 0.6 is 11.3 Å². The summed E-state index contributed by atoms with van der Waals surface area (Å²) < 4.78 is 0. The van der Waals surface area contributed by atoms with Crippen molar-refractivity contribution in [3.8, 4) is 0 Å². The zero-order chi connectivity index (χ0) is 17.4.